The Hall–Kier alpha value is -4.50. The molecule has 3 aromatic carbocycles. The highest BCUT2D eigenvalue weighted by Gasteiger charge is 2.20. The lowest BCUT2D eigenvalue weighted by Crippen LogP contribution is -2.32. The van der Waals surface area contributed by atoms with Gasteiger partial charge in [-0.05, 0) is 80.9 Å². The van der Waals surface area contributed by atoms with Crippen LogP contribution in [-0.2, 0) is 19.5 Å². The first-order valence-corrected chi connectivity index (χ1v) is 14.6. The van der Waals surface area contributed by atoms with Gasteiger partial charge in [-0.25, -0.2) is 0 Å². The van der Waals surface area contributed by atoms with Crippen LogP contribution in [0, 0.1) is 6.92 Å². The number of rotatable bonds is 11. The Morgan fingerprint density at radius 3 is 2.36 bits per heavy atom. The first-order valence-electron chi connectivity index (χ1n) is 14.6. The summed E-state index contributed by atoms with van der Waals surface area (Å²) in [7, 11) is 4.08. The van der Waals surface area contributed by atoms with Gasteiger partial charge in [-0.15, -0.1) is 0 Å². The van der Waals surface area contributed by atoms with E-state index in [0.717, 1.165) is 49.4 Å². The normalized spacial score (nSPS) is 12.6. The number of fused-ring (bicyclic) bond motifs is 1. The lowest BCUT2D eigenvalue weighted by atomic mass is 10.0. The van der Waals surface area contributed by atoms with E-state index in [-0.39, 0.29) is 5.91 Å². The molecule has 0 saturated heterocycles. The number of nitrogens with zero attached hydrogens (tertiary/aromatic N) is 6. The number of carbonyl (C=O) groups excluding carboxylic acids is 1. The minimum Gasteiger partial charge on any atom is -0.353 e. The second-order valence-electron chi connectivity index (χ2n) is 10.9. The zero-order valence-electron chi connectivity index (χ0n) is 25.0. The van der Waals surface area contributed by atoms with E-state index in [1.165, 1.54) is 11.1 Å². The first kappa shape index (κ1) is 29.0. The topological polar surface area (TPSA) is 89.5 Å². The molecule has 0 atom stereocenters. The number of benzene rings is 3. The molecule has 1 aliphatic heterocycles. The van der Waals surface area contributed by atoms with E-state index in [9.17, 15) is 4.79 Å². The number of aryl methyl sites for hydroxylation is 1. The third-order valence-corrected chi connectivity index (χ3v) is 7.41. The highest BCUT2D eigenvalue weighted by atomic mass is 16.2. The fourth-order valence-corrected chi connectivity index (χ4v) is 5.06. The Bertz CT molecular complexity index is 1500. The predicted octanol–water partition coefficient (Wildman–Crippen LogP) is 5.00. The minimum atomic E-state index is -0.0127. The van der Waals surface area contributed by atoms with Crippen LogP contribution in [-0.4, -0.2) is 66.0 Å². The second-order valence-corrected chi connectivity index (χ2v) is 10.9. The van der Waals surface area contributed by atoms with Crippen molar-refractivity contribution < 1.29 is 4.79 Å². The van der Waals surface area contributed by atoms with Gasteiger partial charge >= 0.3 is 0 Å². The summed E-state index contributed by atoms with van der Waals surface area (Å²) in [5.74, 6) is 1.72. The van der Waals surface area contributed by atoms with E-state index in [1.54, 1.807) is 4.90 Å². The molecule has 0 fully saturated rings. The third-order valence-electron chi connectivity index (χ3n) is 7.41. The van der Waals surface area contributed by atoms with Crippen molar-refractivity contribution >= 4 is 29.4 Å². The molecule has 0 aliphatic carbocycles. The number of nitrogens with one attached hydrogen (secondary N) is 2. The largest absolute Gasteiger partial charge is 0.353 e. The van der Waals surface area contributed by atoms with Crippen LogP contribution in [0.5, 0.6) is 0 Å². The van der Waals surface area contributed by atoms with Crippen LogP contribution in [0.2, 0.25) is 0 Å². The molecule has 0 unspecified atom stereocenters. The Morgan fingerprint density at radius 2 is 1.64 bits per heavy atom. The first-order chi connectivity index (χ1) is 20.4. The Balaban J connectivity index is 1.29. The average Bonchev–Trinajstić information content (AvgIpc) is 3.00. The van der Waals surface area contributed by atoms with Crippen LogP contribution in [0.3, 0.4) is 0 Å². The van der Waals surface area contributed by atoms with Crippen LogP contribution in [0.1, 0.15) is 39.5 Å². The predicted molar refractivity (Wildman–Crippen MR) is 170 cm³/mol. The Labute approximate surface area is 248 Å². The van der Waals surface area contributed by atoms with E-state index < -0.39 is 0 Å². The van der Waals surface area contributed by atoms with Gasteiger partial charge in [0.05, 0.1) is 0 Å². The molecule has 0 bridgehead atoms. The molecule has 1 aliphatic rings. The van der Waals surface area contributed by atoms with Crippen LogP contribution in [0.25, 0.3) is 0 Å². The van der Waals surface area contributed by atoms with Gasteiger partial charge in [0.1, 0.15) is 0 Å². The van der Waals surface area contributed by atoms with Crippen molar-refractivity contribution in [3.05, 3.63) is 101 Å². The van der Waals surface area contributed by atoms with E-state index in [4.69, 9.17) is 9.97 Å². The molecule has 0 radical (unpaired) electrons. The monoisotopic (exact) mass is 564 g/mol. The van der Waals surface area contributed by atoms with Gasteiger partial charge in [-0.2, -0.15) is 15.0 Å². The molecule has 5 rings (SSSR count). The number of hydrogen-bond donors (Lipinski definition) is 2. The highest BCUT2D eigenvalue weighted by Crippen LogP contribution is 2.24. The fraction of sp³-hybridized carbons (Fsp3) is 0.333. The molecule has 0 spiro atoms. The van der Waals surface area contributed by atoms with Crippen LogP contribution < -0.4 is 20.4 Å². The standard InChI is InChI=1S/C33H40N8O/c1-5-41(29-12-8-9-24(2)21-29)30(42)27-15-13-25(14-16-27)22-35-32-36-31(34-18-20-39(3)4)37-33(38-32)40-19-17-26-10-6-7-11-28(26)23-40/h6-16,21H,5,17-20,22-23H2,1-4H3,(H2,34,35,36,37,38). The van der Waals surface area contributed by atoms with E-state index in [1.807, 2.05) is 76.5 Å². The summed E-state index contributed by atoms with van der Waals surface area (Å²) < 4.78 is 0. The van der Waals surface area contributed by atoms with Crippen molar-refractivity contribution in [2.75, 3.05) is 60.7 Å². The molecule has 42 heavy (non-hydrogen) atoms. The zero-order valence-corrected chi connectivity index (χ0v) is 25.0. The van der Waals surface area contributed by atoms with Crippen LogP contribution >= 0.6 is 0 Å². The van der Waals surface area contributed by atoms with Crippen molar-refractivity contribution in [1.29, 1.82) is 0 Å². The summed E-state index contributed by atoms with van der Waals surface area (Å²) in [6.07, 6.45) is 0.957. The number of hydrogen-bond acceptors (Lipinski definition) is 8. The summed E-state index contributed by atoms with van der Waals surface area (Å²) >= 11 is 0. The molecule has 2 N–H and O–H groups in total. The molecular formula is C33H40N8O. The van der Waals surface area contributed by atoms with E-state index >= 15 is 0 Å². The second kappa shape index (κ2) is 13.4. The molecule has 2 heterocycles. The average molecular weight is 565 g/mol. The minimum absolute atomic E-state index is 0.0127. The smallest absolute Gasteiger partial charge is 0.258 e. The molecule has 4 aromatic rings. The fourth-order valence-electron chi connectivity index (χ4n) is 5.06. The molecule has 9 heteroatoms. The van der Waals surface area contributed by atoms with Gasteiger partial charge in [0, 0.05) is 50.5 Å². The Kier molecular flexibility index (Phi) is 9.28. The van der Waals surface area contributed by atoms with E-state index in [0.29, 0.717) is 36.5 Å². The van der Waals surface area contributed by atoms with Crippen molar-refractivity contribution in [2.24, 2.45) is 0 Å². The summed E-state index contributed by atoms with van der Waals surface area (Å²) in [4.78, 5) is 33.6. The lowest BCUT2D eigenvalue weighted by molar-refractivity contribution is 0.0988. The highest BCUT2D eigenvalue weighted by molar-refractivity contribution is 6.06. The number of likely N-dealkylation sites (N-methyl/N-ethyl adjacent to an activating group) is 1. The van der Waals surface area contributed by atoms with Crippen LogP contribution in [0.15, 0.2) is 72.8 Å². The van der Waals surface area contributed by atoms with E-state index in [2.05, 4.69) is 49.7 Å². The molecule has 0 saturated carbocycles. The van der Waals surface area contributed by atoms with Gasteiger partial charge in [0.2, 0.25) is 17.8 Å². The molecular weight excluding hydrogens is 524 g/mol. The summed E-state index contributed by atoms with van der Waals surface area (Å²) in [6.45, 7) is 8.36. The summed E-state index contributed by atoms with van der Waals surface area (Å²) in [5, 5.41) is 6.73. The summed E-state index contributed by atoms with van der Waals surface area (Å²) in [6, 6.07) is 24.3. The van der Waals surface area contributed by atoms with Gasteiger partial charge in [0.25, 0.3) is 5.91 Å². The molecule has 1 aromatic heterocycles. The van der Waals surface area contributed by atoms with Gasteiger partial charge in [-0.1, -0.05) is 48.5 Å². The van der Waals surface area contributed by atoms with Crippen molar-refractivity contribution in [1.82, 2.24) is 19.9 Å². The summed E-state index contributed by atoms with van der Waals surface area (Å²) in [5.41, 5.74) is 6.41. The molecule has 218 valence electrons. The molecule has 1 amide bonds. The van der Waals surface area contributed by atoms with Gasteiger partial charge in [-0.3, -0.25) is 4.79 Å². The number of anilines is 4. The quantitative estimate of drug-likeness (QED) is 0.263. The SMILES string of the molecule is CCN(C(=O)c1ccc(CNc2nc(NCCN(C)C)nc(N3CCc4ccccc4C3)n2)cc1)c1cccc(C)c1. The maximum absolute atomic E-state index is 13.3. The maximum Gasteiger partial charge on any atom is 0.258 e. The van der Waals surface area contributed by atoms with Gasteiger partial charge in [0.15, 0.2) is 0 Å². The maximum atomic E-state index is 13.3. The van der Waals surface area contributed by atoms with Crippen molar-refractivity contribution in [2.45, 2.75) is 33.4 Å². The number of carbonyl (C=O) groups is 1. The number of amides is 1. The third kappa shape index (κ3) is 7.22. The zero-order chi connectivity index (χ0) is 29.5. The lowest BCUT2D eigenvalue weighted by Gasteiger charge is -2.29. The molecule has 9 nitrogen and oxygen atoms in total. The Morgan fingerprint density at radius 1 is 0.905 bits per heavy atom. The van der Waals surface area contributed by atoms with Gasteiger partial charge < -0.3 is 25.3 Å². The van der Waals surface area contributed by atoms with Crippen molar-refractivity contribution in [3.63, 3.8) is 0 Å². The van der Waals surface area contributed by atoms with Crippen LogP contribution in [0.4, 0.5) is 23.5 Å². The van der Waals surface area contributed by atoms with Crippen molar-refractivity contribution in [3.8, 4) is 0 Å². The number of aromatic nitrogens is 3.